The number of aliphatic carboxylic acids is 1. The van der Waals surface area contributed by atoms with E-state index in [1.807, 2.05) is 0 Å². The van der Waals surface area contributed by atoms with Crippen LogP contribution in [0.1, 0.15) is 0 Å². The van der Waals surface area contributed by atoms with Crippen LogP contribution in [0.3, 0.4) is 0 Å². The first-order chi connectivity index (χ1) is 6.33. The van der Waals surface area contributed by atoms with Crippen LogP contribution in [-0.2, 0) is 14.6 Å². The van der Waals surface area contributed by atoms with Gasteiger partial charge >= 0.3 is 5.97 Å². The predicted molar refractivity (Wildman–Crippen MR) is 50.5 cm³/mol. The van der Waals surface area contributed by atoms with Gasteiger partial charge in [0.1, 0.15) is 6.04 Å². The number of nitrogens with zero attached hydrogens (tertiary/aromatic N) is 2. The van der Waals surface area contributed by atoms with Crippen molar-refractivity contribution >= 4 is 15.8 Å². The number of carboxylic acid groups (broad SMARTS) is 1. The highest BCUT2D eigenvalue weighted by Gasteiger charge is 2.36. The Hall–Kier alpha value is -0.660. The summed E-state index contributed by atoms with van der Waals surface area (Å²) in [5.74, 6) is -1.38. The van der Waals surface area contributed by atoms with Gasteiger partial charge < -0.3 is 5.11 Å². The van der Waals surface area contributed by atoms with Gasteiger partial charge in [0.2, 0.25) is 0 Å². The summed E-state index contributed by atoms with van der Waals surface area (Å²) in [6.07, 6.45) is 0. The van der Waals surface area contributed by atoms with E-state index in [0.29, 0.717) is 0 Å². The minimum absolute atomic E-state index is 0.0228. The molecule has 6 nitrogen and oxygen atoms in total. The Balaban J connectivity index is 2.87. The molecule has 1 aliphatic rings. The fourth-order valence-corrected chi connectivity index (χ4v) is 2.90. The van der Waals surface area contributed by atoms with Crippen molar-refractivity contribution in [2.75, 3.05) is 32.1 Å². The maximum absolute atomic E-state index is 11.2. The van der Waals surface area contributed by atoms with Crippen LogP contribution < -0.4 is 0 Å². The van der Waals surface area contributed by atoms with Crippen molar-refractivity contribution in [3.05, 3.63) is 0 Å². The van der Waals surface area contributed by atoms with E-state index in [-0.39, 0.29) is 18.1 Å². The third-order valence-electron chi connectivity index (χ3n) is 2.20. The predicted octanol–water partition coefficient (Wildman–Crippen LogP) is -1.35. The van der Waals surface area contributed by atoms with Crippen molar-refractivity contribution in [2.24, 2.45) is 0 Å². The van der Waals surface area contributed by atoms with Crippen molar-refractivity contribution in [3.63, 3.8) is 0 Å². The van der Waals surface area contributed by atoms with E-state index >= 15 is 0 Å². The van der Waals surface area contributed by atoms with Gasteiger partial charge in [0, 0.05) is 20.6 Å². The quantitative estimate of drug-likeness (QED) is 0.622. The second-order valence-electron chi connectivity index (χ2n) is 3.48. The number of hydrogen-bond donors (Lipinski definition) is 1. The molecule has 1 saturated heterocycles. The average Bonchev–Trinajstić information content (AvgIpc) is 2.01. The van der Waals surface area contributed by atoms with Crippen LogP contribution >= 0.6 is 0 Å². The van der Waals surface area contributed by atoms with Gasteiger partial charge in [-0.05, 0) is 0 Å². The number of sulfone groups is 1. The molecule has 14 heavy (non-hydrogen) atoms. The Kier molecular flexibility index (Phi) is 3.13. The van der Waals surface area contributed by atoms with Crippen LogP contribution in [0, 0.1) is 0 Å². The molecule has 1 atom stereocenters. The van der Waals surface area contributed by atoms with Gasteiger partial charge in [0.25, 0.3) is 0 Å². The summed E-state index contributed by atoms with van der Waals surface area (Å²) in [5, 5.41) is 12.0. The zero-order chi connectivity index (χ0) is 10.9. The van der Waals surface area contributed by atoms with Crippen molar-refractivity contribution < 1.29 is 18.3 Å². The molecule has 0 aromatic rings. The van der Waals surface area contributed by atoms with E-state index < -0.39 is 21.8 Å². The van der Waals surface area contributed by atoms with Crippen LogP contribution in [0.5, 0.6) is 0 Å². The minimum Gasteiger partial charge on any atom is -0.480 e. The summed E-state index contributed by atoms with van der Waals surface area (Å²) in [7, 11) is 0.212. The summed E-state index contributed by atoms with van der Waals surface area (Å²) in [5.41, 5.74) is 0. The molecule has 1 unspecified atom stereocenters. The third-order valence-corrected chi connectivity index (χ3v) is 3.83. The molecule has 0 saturated carbocycles. The van der Waals surface area contributed by atoms with E-state index in [4.69, 9.17) is 5.11 Å². The zero-order valence-electron chi connectivity index (χ0n) is 8.17. The van der Waals surface area contributed by atoms with Crippen molar-refractivity contribution in [3.8, 4) is 0 Å². The van der Waals surface area contributed by atoms with Crippen molar-refractivity contribution in [1.29, 1.82) is 0 Å². The average molecular weight is 222 g/mol. The number of carbonyl (C=O) groups is 1. The first-order valence-corrected chi connectivity index (χ1v) is 6.03. The summed E-state index contributed by atoms with van der Waals surface area (Å²) >= 11 is 0. The van der Waals surface area contributed by atoms with Crippen molar-refractivity contribution in [1.82, 2.24) is 10.0 Å². The number of hydrogen-bond acceptors (Lipinski definition) is 5. The molecule has 1 heterocycles. The lowest BCUT2D eigenvalue weighted by atomic mass is 10.3. The van der Waals surface area contributed by atoms with E-state index in [9.17, 15) is 13.2 Å². The highest BCUT2D eigenvalue weighted by Crippen LogP contribution is 2.12. The van der Waals surface area contributed by atoms with Gasteiger partial charge in [-0.25, -0.2) is 18.4 Å². The first kappa shape index (κ1) is 11.4. The molecule has 0 aromatic heterocycles. The summed E-state index contributed by atoms with van der Waals surface area (Å²) < 4.78 is 22.5. The molecular formula is C7H14N2O4S. The lowest BCUT2D eigenvalue weighted by Crippen LogP contribution is -2.57. The molecule has 82 valence electrons. The molecule has 7 heteroatoms. The molecule has 0 bridgehead atoms. The zero-order valence-corrected chi connectivity index (χ0v) is 8.99. The molecule has 0 aromatic carbocycles. The third kappa shape index (κ3) is 2.43. The standard InChI is InChI=1S/C7H14N2O4S/c1-8(2)9-3-4-14(12,13)5-6(9)7(10)11/h6H,3-5H2,1-2H3,(H,10,11). The second-order valence-corrected chi connectivity index (χ2v) is 5.71. The maximum atomic E-state index is 11.2. The van der Waals surface area contributed by atoms with Gasteiger partial charge in [0.15, 0.2) is 9.84 Å². The van der Waals surface area contributed by atoms with Gasteiger partial charge in [-0.1, -0.05) is 0 Å². The Morgan fingerprint density at radius 1 is 1.50 bits per heavy atom. The second kappa shape index (κ2) is 3.84. The highest BCUT2D eigenvalue weighted by molar-refractivity contribution is 7.91. The Bertz CT molecular complexity index is 325. The number of carboxylic acids is 1. The first-order valence-electron chi connectivity index (χ1n) is 4.20. The molecular weight excluding hydrogens is 208 g/mol. The Morgan fingerprint density at radius 2 is 2.07 bits per heavy atom. The van der Waals surface area contributed by atoms with E-state index in [2.05, 4.69) is 0 Å². The molecule has 1 aliphatic heterocycles. The normalized spacial score (nSPS) is 27.8. The topological polar surface area (TPSA) is 77.9 Å². The van der Waals surface area contributed by atoms with Crippen LogP contribution in [-0.4, -0.2) is 67.7 Å². The minimum atomic E-state index is -3.19. The fourth-order valence-electron chi connectivity index (χ4n) is 1.48. The lowest BCUT2D eigenvalue weighted by molar-refractivity contribution is -0.149. The van der Waals surface area contributed by atoms with Gasteiger partial charge in [-0.15, -0.1) is 0 Å². The Labute approximate surface area is 83.0 Å². The van der Waals surface area contributed by atoms with Crippen molar-refractivity contribution in [2.45, 2.75) is 6.04 Å². The maximum Gasteiger partial charge on any atom is 0.323 e. The van der Waals surface area contributed by atoms with Crippen LogP contribution in [0.15, 0.2) is 0 Å². The SMILES string of the molecule is CN(C)N1CCS(=O)(=O)CC1C(=O)O. The fraction of sp³-hybridized carbons (Fsp3) is 0.857. The largest absolute Gasteiger partial charge is 0.480 e. The van der Waals surface area contributed by atoms with Crippen LogP contribution in [0.2, 0.25) is 0 Å². The molecule has 0 radical (unpaired) electrons. The summed E-state index contributed by atoms with van der Waals surface area (Å²) in [6, 6.07) is -0.955. The molecule has 1 rings (SSSR count). The Morgan fingerprint density at radius 3 is 2.50 bits per heavy atom. The monoisotopic (exact) mass is 222 g/mol. The lowest BCUT2D eigenvalue weighted by Gasteiger charge is -2.36. The van der Waals surface area contributed by atoms with Crippen LogP contribution in [0.25, 0.3) is 0 Å². The van der Waals surface area contributed by atoms with E-state index in [0.717, 1.165) is 0 Å². The number of rotatable bonds is 2. The highest BCUT2D eigenvalue weighted by atomic mass is 32.2. The molecule has 0 spiro atoms. The van der Waals surface area contributed by atoms with Crippen LogP contribution in [0.4, 0.5) is 0 Å². The van der Waals surface area contributed by atoms with E-state index in [1.165, 1.54) is 0 Å². The summed E-state index contributed by atoms with van der Waals surface area (Å²) in [6.45, 7) is 0.242. The molecule has 1 N–H and O–H groups in total. The van der Waals surface area contributed by atoms with E-state index in [1.54, 1.807) is 24.1 Å². The van der Waals surface area contributed by atoms with Gasteiger partial charge in [-0.3, -0.25) is 4.79 Å². The number of hydrazine groups is 1. The molecule has 1 fully saturated rings. The molecule has 0 aliphatic carbocycles. The molecule has 0 amide bonds. The van der Waals surface area contributed by atoms with Gasteiger partial charge in [-0.2, -0.15) is 0 Å². The van der Waals surface area contributed by atoms with Gasteiger partial charge in [0.05, 0.1) is 11.5 Å². The smallest absolute Gasteiger partial charge is 0.323 e. The summed E-state index contributed by atoms with van der Waals surface area (Å²) in [4.78, 5) is 10.8.